The molecule has 212 valence electrons. The molecule has 3 aliphatic carbocycles. The molecule has 0 N–H and O–H groups in total. The highest BCUT2D eigenvalue weighted by atomic mass is 32.1. The number of hydrogen-bond acceptors (Lipinski definition) is 5. The molecular formula is C33H53N3S2. The average molecular weight is 556 g/mol. The van der Waals surface area contributed by atoms with E-state index in [9.17, 15) is 0 Å². The number of aromatic nitrogens is 1. The monoisotopic (exact) mass is 555 g/mol. The van der Waals surface area contributed by atoms with E-state index in [1.165, 1.54) is 59.2 Å². The largest absolute Gasteiger partial charge is 0.366 e. The number of fused-ring (bicyclic) bond motifs is 2. The number of thiazole rings is 1. The van der Waals surface area contributed by atoms with Crippen LogP contribution in [0.25, 0.3) is 0 Å². The second-order valence-corrected chi connectivity index (χ2v) is 17.8. The van der Waals surface area contributed by atoms with Crippen LogP contribution in [-0.2, 0) is 21.7 Å². The van der Waals surface area contributed by atoms with Gasteiger partial charge in [-0.05, 0) is 79.2 Å². The molecule has 0 amide bonds. The molecule has 0 saturated heterocycles. The van der Waals surface area contributed by atoms with Crippen LogP contribution >= 0.6 is 22.7 Å². The lowest BCUT2D eigenvalue weighted by Gasteiger charge is -2.42. The van der Waals surface area contributed by atoms with E-state index in [1.807, 2.05) is 11.3 Å². The third-order valence-corrected chi connectivity index (χ3v) is 13.6. The van der Waals surface area contributed by atoms with Crippen molar-refractivity contribution in [2.75, 3.05) is 30.4 Å². The van der Waals surface area contributed by atoms with Crippen LogP contribution in [0.5, 0.6) is 0 Å². The normalized spacial score (nSPS) is 28.7. The first-order chi connectivity index (χ1) is 17.5. The minimum absolute atomic E-state index is 0.194. The Hall–Kier alpha value is -1.07. The van der Waals surface area contributed by atoms with Gasteiger partial charge in [-0.15, -0.1) is 22.7 Å². The third-order valence-electron chi connectivity index (χ3n) is 10.3. The van der Waals surface area contributed by atoms with Gasteiger partial charge >= 0.3 is 0 Å². The lowest BCUT2D eigenvalue weighted by Crippen LogP contribution is -2.36. The van der Waals surface area contributed by atoms with E-state index in [4.69, 9.17) is 4.98 Å². The number of hydrogen-bond donors (Lipinski definition) is 0. The summed E-state index contributed by atoms with van der Waals surface area (Å²) in [5.74, 6) is 1.44. The molecule has 2 aromatic rings. The molecule has 0 bridgehead atoms. The van der Waals surface area contributed by atoms with E-state index in [0.717, 1.165) is 12.5 Å². The predicted octanol–water partition coefficient (Wildman–Crippen LogP) is 9.20. The number of thiophene rings is 1. The predicted molar refractivity (Wildman–Crippen MR) is 169 cm³/mol. The molecular weight excluding hydrogens is 503 g/mol. The Morgan fingerprint density at radius 3 is 2.11 bits per heavy atom. The molecule has 38 heavy (non-hydrogen) atoms. The molecule has 2 heterocycles. The number of rotatable bonds is 7. The van der Waals surface area contributed by atoms with Crippen molar-refractivity contribution in [3.63, 3.8) is 0 Å². The summed E-state index contributed by atoms with van der Waals surface area (Å²) in [4.78, 5) is 13.6. The summed E-state index contributed by atoms with van der Waals surface area (Å²) >= 11 is 4.08. The van der Waals surface area contributed by atoms with Crippen molar-refractivity contribution in [2.24, 2.45) is 11.8 Å². The lowest BCUT2D eigenvalue weighted by atomic mass is 9.63. The summed E-state index contributed by atoms with van der Waals surface area (Å²) in [6.45, 7) is 25.4. The van der Waals surface area contributed by atoms with Crippen LogP contribution < -0.4 is 9.80 Å². The zero-order valence-corrected chi connectivity index (χ0v) is 28.0. The first-order valence-corrected chi connectivity index (χ1v) is 16.7. The van der Waals surface area contributed by atoms with Gasteiger partial charge in [0.05, 0.1) is 10.7 Å². The summed E-state index contributed by atoms with van der Waals surface area (Å²) in [7, 11) is 4.62. The maximum absolute atomic E-state index is 5.31. The summed E-state index contributed by atoms with van der Waals surface area (Å²) < 4.78 is 0. The molecule has 3 unspecified atom stereocenters. The summed E-state index contributed by atoms with van der Waals surface area (Å²) in [5.41, 5.74) is 5.63. The van der Waals surface area contributed by atoms with Gasteiger partial charge in [0.25, 0.3) is 0 Å². The van der Waals surface area contributed by atoms with Crippen molar-refractivity contribution in [3.05, 3.63) is 26.6 Å². The maximum atomic E-state index is 5.31. The smallest absolute Gasteiger partial charge is 0.185 e. The van der Waals surface area contributed by atoms with Gasteiger partial charge < -0.3 is 9.80 Å². The molecule has 2 aromatic heterocycles. The van der Waals surface area contributed by atoms with Crippen LogP contribution in [0.3, 0.4) is 0 Å². The van der Waals surface area contributed by atoms with Crippen LogP contribution in [-0.4, -0.2) is 31.7 Å². The van der Waals surface area contributed by atoms with Crippen molar-refractivity contribution < 1.29 is 0 Å². The van der Waals surface area contributed by atoms with Gasteiger partial charge in [-0.1, -0.05) is 62.3 Å². The van der Waals surface area contributed by atoms with Gasteiger partial charge in [0.15, 0.2) is 5.13 Å². The molecule has 1 fully saturated rings. The quantitative estimate of drug-likeness (QED) is 0.339. The fourth-order valence-electron chi connectivity index (χ4n) is 7.61. The fourth-order valence-corrected chi connectivity index (χ4v) is 10.6. The van der Waals surface area contributed by atoms with E-state index < -0.39 is 0 Å². The van der Waals surface area contributed by atoms with Crippen LogP contribution in [0.4, 0.5) is 10.1 Å². The first-order valence-electron chi connectivity index (χ1n) is 15.1. The Balaban J connectivity index is 1.38. The first kappa shape index (κ1) is 28.5. The van der Waals surface area contributed by atoms with Gasteiger partial charge in [0, 0.05) is 47.3 Å². The highest BCUT2D eigenvalue weighted by Gasteiger charge is 2.51. The number of nitrogens with zero attached hydrogens (tertiary/aromatic N) is 3. The summed E-state index contributed by atoms with van der Waals surface area (Å²) in [6, 6.07) is 0.631. The van der Waals surface area contributed by atoms with Crippen LogP contribution in [0.1, 0.15) is 127 Å². The Kier molecular flexibility index (Phi) is 6.91. The van der Waals surface area contributed by atoms with Gasteiger partial charge in [-0.25, -0.2) is 4.98 Å². The molecule has 1 saturated carbocycles. The maximum Gasteiger partial charge on any atom is 0.185 e. The van der Waals surface area contributed by atoms with Crippen molar-refractivity contribution in [3.8, 4) is 0 Å². The van der Waals surface area contributed by atoms with E-state index in [1.54, 1.807) is 16.0 Å². The van der Waals surface area contributed by atoms with E-state index in [0.29, 0.717) is 12.0 Å². The summed E-state index contributed by atoms with van der Waals surface area (Å²) in [5, 5.41) is 2.76. The third kappa shape index (κ3) is 4.76. The molecule has 5 heteroatoms. The summed E-state index contributed by atoms with van der Waals surface area (Å²) in [6.07, 6.45) is 7.70. The highest BCUT2D eigenvalue weighted by molar-refractivity contribution is 7.16. The lowest BCUT2D eigenvalue weighted by molar-refractivity contribution is 0.289. The van der Waals surface area contributed by atoms with E-state index in [-0.39, 0.29) is 21.7 Å². The van der Waals surface area contributed by atoms with Crippen molar-refractivity contribution in [2.45, 2.75) is 135 Å². The zero-order valence-electron chi connectivity index (χ0n) is 26.3. The Morgan fingerprint density at radius 1 is 0.868 bits per heavy atom. The van der Waals surface area contributed by atoms with Crippen molar-refractivity contribution >= 4 is 32.8 Å². The van der Waals surface area contributed by atoms with Crippen molar-refractivity contribution in [1.29, 1.82) is 0 Å². The second kappa shape index (κ2) is 9.23. The molecule has 0 spiro atoms. The minimum Gasteiger partial charge on any atom is -0.366 e. The minimum atomic E-state index is 0.194. The Bertz CT molecular complexity index is 1170. The Morgan fingerprint density at radius 2 is 1.47 bits per heavy atom. The molecule has 3 atom stereocenters. The molecule has 3 aliphatic rings. The topological polar surface area (TPSA) is 19.4 Å². The van der Waals surface area contributed by atoms with Gasteiger partial charge in [0.2, 0.25) is 0 Å². The standard InChI is InChI=1S/C33H53N3S2/c1-20(2)19-35(11)28-21(3)24-26(37-28)31(6,7)15-16-33(24,10)18-22-17-23(22)36(12)29-34-25-27(38-29)32(8,9)14-13-30(25,4)5/h20,22-23H,13-19H2,1-12H3. The van der Waals surface area contributed by atoms with E-state index in [2.05, 4.69) is 104 Å². The Labute approximate surface area is 241 Å². The highest BCUT2D eigenvalue weighted by Crippen LogP contribution is 2.58. The van der Waals surface area contributed by atoms with Gasteiger partial charge in [-0.2, -0.15) is 0 Å². The second-order valence-electron chi connectivity index (χ2n) is 15.8. The fraction of sp³-hybridized carbons (Fsp3) is 0.788. The van der Waals surface area contributed by atoms with Gasteiger partial charge in [-0.3, -0.25) is 0 Å². The molecule has 0 aromatic carbocycles. The molecule has 5 rings (SSSR count). The van der Waals surface area contributed by atoms with Crippen molar-refractivity contribution in [1.82, 2.24) is 4.98 Å². The SMILES string of the molecule is Cc1c(N(C)CC(C)C)sc2c1C(C)(CC1CC1N(C)c1nc3c(s1)C(C)(C)CCC3(C)C)CCC2(C)C. The van der Waals surface area contributed by atoms with E-state index >= 15 is 0 Å². The molecule has 0 radical (unpaired) electrons. The van der Waals surface area contributed by atoms with Crippen LogP contribution in [0.15, 0.2) is 0 Å². The van der Waals surface area contributed by atoms with Gasteiger partial charge in [0.1, 0.15) is 0 Å². The average Bonchev–Trinajstić information content (AvgIpc) is 3.21. The molecule has 3 nitrogen and oxygen atoms in total. The zero-order chi connectivity index (χ0) is 28.0. The molecule has 0 aliphatic heterocycles. The number of anilines is 2. The van der Waals surface area contributed by atoms with Crippen LogP contribution in [0.2, 0.25) is 0 Å². The van der Waals surface area contributed by atoms with Crippen LogP contribution in [0, 0.1) is 18.8 Å².